The van der Waals surface area contributed by atoms with Gasteiger partial charge in [0.05, 0.1) is 22.3 Å². The van der Waals surface area contributed by atoms with Crippen LogP contribution < -0.4 is 11.5 Å². The zero-order valence-corrected chi connectivity index (χ0v) is 19.1. The molecular weight excluding hydrogens is 437 g/mol. The molecule has 2 heterocycles. The SMILES string of the molecule is CCCc1sc(C(N)=O)c([C@@H](CN)Cc2ccccc2C(F)(F)F)c1-c1c(C)cnn1C. The van der Waals surface area contributed by atoms with E-state index >= 15 is 0 Å². The predicted molar refractivity (Wildman–Crippen MR) is 121 cm³/mol. The maximum absolute atomic E-state index is 13.6. The van der Waals surface area contributed by atoms with E-state index in [-0.39, 0.29) is 18.5 Å². The van der Waals surface area contributed by atoms with Crippen LogP contribution in [0.5, 0.6) is 0 Å². The molecule has 9 heteroatoms. The highest BCUT2D eigenvalue weighted by molar-refractivity contribution is 7.14. The van der Waals surface area contributed by atoms with Crippen LogP contribution in [0, 0.1) is 6.92 Å². The minimum Gasteiger partial charge on any atom is -0.365 e. The number of halogens is 3. The van der Waals surface area contributed by atoms with E-state index in [1.54, 1.807) is 24.0 Å². The molecule has 0 aliphatic heterocycles. The average molecular weight is 465 g/mol. The fraction of sp³-hybridized carbons (Fsp3) is 0.391. The standard InChI is InChI=1S/C23H27F3N4OS/c1-4-7-17-19(20-13(2)12-29-30(20)3)18(21(32-17)22(28)31)15(11-27)10-14-8-5-6-9-16(14)23(24,25)26/h5-6,8-9,12,15H,4,7,10-11,27H2,1-3H3,(H2,28,31)/t15-/m1/s1. The molecule has 3 rings (SSSR count). The van der Waals surface area contributed by atoms with Crippen LogP contribution >= 0.6 is 11.3 Å². The maximum Gasteiger partial charge on any atom is 0.416 e. The number of thiophene rings is 1. The first-order valence-electron chi connectivity index (χ1n) is 10.4. The van der Waals surface area contributed by atoms with Gasteiger partial charge in [-0.15, -0.1) is 11.3 Å². The Morgan fingerprint density at radius 1 is 1.28 bits per heavy atom. The molecule has 32 heavy (non-hydrogen) atoms. The van der Waals surface area contributed by atoms with Crippen LogP contribution in [0.15, 0.2) is 30.5 Å². The maximum atomic E-state index is 13.6. The lowest BCUT2D eigenvalue weighted by Gasteiger charge is -2.21. The topological polar surface area (TPSA) is 86.9 Å². The van der Waals surface area contributed by atoms with Crippen molar-refractivity contribution >= 4 is 17.2 Å². The summed E-state index contributed by atoms with van der Waals surface area (Å²) in [4.78, 5) is 13.7. The zero-order chi connectivity index (χ0) is 23.6. The number of aromatic nitrogens is 2. The van der Waals surface area contributed by atoms with Crippen molar-refractivity contribution in [1.82, 2.24) is 9.78 Å². The van der Waals surface area contributed by atoms with Crippen LogP contribution in [0.25, 0.3) is 11.3 Å². The van der Waals surface area contributed by atoms with E-state index in [2.05, 4.69) is 5.10 Å². The highest BCUT2D eigenvalue weighted by Gasteiger charge is 2.35. The lowest BCUT2D eigenvalue weighted by atomic mass is 9.85. The fourth-order valence-corrected chi connectivity index (χ4v) is 5.52. The van der Waals surface area contributed by atoms with E-state index < -0.39 is 23.6 Å². The molecule has 1 atom stereocenters. The highest BCUT2D eigenvalue weighted by atomic mass is 32.1. The van der Waals surface area contributed by atoms with Gasteiger partial charge in [0.25, 0.3) is 5.91 Å². The molecule has 0 aliphatic carbocycles. The normalized spacial score (nSPS) is 12.8. The van der Waals surface area contributed by atoms with Gasteiger partial charge >= 0.3 is 6.18 Å². The van der Waals surface area contributed by atoms with E-state index in [4.69, 9.17) is 11.5 Å². The van der Waals surface area contributed by atoms with Crippen molar-refractivity contribution in [1.29, 1.82) is 0 Å². The monoisotopic (exact) mass is 464 g/mol. The summed E-state index contributed by atoms with van der Waals surface area (Å²) in [5, 5.41) is 4.33. The molecule has 0 saturated heterocycles. The zero-order valence-electron chi connectivity index (χ0n) is 18.3. The van der Waals surface area contributed by atoms with Crippen molar-refractivity contribution in [3.8, 4) is 11.3 Å². The predicted octanol–water partition coefficient (Wildman–Crippen LogP) is 4.81. The third kappa shape index (κ3) is 4.59. The number of nitrogens with zero attached hydrogens (tertiary/aromatic N) is 2. The lowest BCUT2D eigenvalue weighted by molar-refractivity contribution is -0.138. The van der Waals surface area contributed by atoms with Gasteiger partial charge in [0.2, 0.25) is 0 Å². The van der Waals surface area contributed by atoms with Gasteiger partial charge in [0.15, 0.2) is 0 Å². The third-order valence-electron chi connectivity index (χ3n) is 5.56. The van der Waals surface area contributed by atoms with Crippen molar-refractivity contribution < 1.29 is 18.0 Å². The van der Waals surface area contributed by atoms with Gasteiger partial charge in [-0.1, -0.05) is 31.5 Å². The van der Waals surface area contributed by atoms with Crippen LogP contribution in [0.1, 0.15) is 56.1 Å². The Balaban J connectivity index is 2.24. The van der Waals surface area contributed by atoms with Crippen LogP contribution in [0.2, 0.25) is 0 Å². The molecule has 172 valence electrons. The number of hydrogen-bond acceptors (Lipinski definition) is 4. The van der Waals surface area contributed by atoms with Gasteiger partial charge in [-0.25, -0.2) is 0 Å². The molecule has 5 nitrogen and oxygen atoms in total. The largest absolute Gasteiger partial charge is 0.416 e. The van der Waals surface area contributed by atoms with Crippen LogP contribution in [-0.4, -0.2) is 22.2 Å². The van der Waals surface area contributed by atoms with Crippen molar-refractivity contribution in [3.63, 3.8) is 0 Å². The molecule has 0 saturated carbocycles. The van der Waals surface area contributed by atoms with Gasteiger partial charge in [-0.05, 0) is 49.1 Å². The number of rotatable bonds is 8. The first-order chi connectivity index (χ1) is 15.1. The smallest absolute Gasteiger partial charge is 0.365 e. The summed E-state index contributed by atoms with van der Waals surface area (Å²) >= 11 is 1.31. The second kappa shape index (κ2) is 9.46. The van der Waals surface area contributed by atoms with Gasteiger partial charge in [0, 0.05) is 23.4 Å². The molecule has 0 bridgehead atoms. The van der Waals surface area contributed by atoms with Gasteiger partial charge in [-0.2, -0.15) is 18.3 Å². The van der Waals surface area contributed by atoms with Crippen molar-refractivity contribution in [2.45, 2.75) is 45.2 Å². The number of hydrogen-bond donors (Lipinski definition) is 2. The summed E-state index contributed by atoms with van der Waals surface area (Å²) < 4.78 is 42.6. The minimum atomic E-state index is -4.48. The van der Waals surface area contributed by atoms with Crippen molar-refractivity contribution in [2.24, 2.45) is 18.5 Å². The van der Waals surface area contributed by atoms with Crippen LogP contribution in [0.4, 0.5) is 13.2 Å². The molecule has 0 aliphatic rings. The Hall–Kier alpha value is -2.65. The minimum absolute atomic E-state index is 0.0403. The number of carbonyl (C=O) groups is 1. The molecule has 1 aromatic carbocycles. The van der Waals surface area contributed by atoms with E-state index in [9.17, 15) is 18.0 Å². The summed E-state index contributed by atoms with van der Waals surface area (Å²) in [6.45, 7) is 4.02. The van der Waals surface area contributed by atoms with Crippen molar-refractivity contribution in [3.05, 3.63) is 62.5 Å². The molecule has 0 unspecified atom stereocenters. The van der Waals surface area contributed by atoms with E-state index in [0.29, 0.717) is 16.9 Å². The van der Waals surface area contributed by atoms with E-state index in [0.717, 1.165) is 34.2 Å². The number of benzene rings is 1. The Morgan fingerprint density at radius 2 is 1.97 bits per heavy atom. The molecule has 2 aromatic heterocycles. The summed E-state index contributed by atoms with van der Waals surface area (Å²) in [7, 11) is 1.81. The van der Waals surface area contributed by atoms with Gasteiger partial charge < -0.3 is 11.5 Å². The quantitative estimate of drug-likeness (QED) is 0.501. The summed E-state index contributed by atoms with van der Waals surface area (Å²) in [5.41, 5.74) is 14.5. The first-order valence-corrected chi connectivity index (χ1v) is 11.2. The molecule has 0 fully saturated rings. The van der Waals surface area contributed by atoms with Gasteiger partial charge in [-0.3, -0.25) is 9.48 Å². The number of amides is 1. The number of primary amides is 1. The second-order valence-electron chi connectivity index (χ2n) is 7.85. The average Bonchev–Trinajstić information content (AvgIpc) is 3.25. The van der Waals surface area contributed by atoms with Crippen LogP contribution in [0.3, 0.4) is 0 Å². The first kappa shape index (κ1) is 24.0. The summed E-state index contributed by atoms with van der Waals surface area (Å²) in [6, 6.07) is 5.48. The third-order valence-corrected chi connectivity index (χ3v) is 6.84. The second-order valence-corrected chi connectivity index (χ2v) is 8.95. The number of carbonyl (C=O) groups excluding carboxylic acids is 1. The summed E-state index contributed by atoms with van der Waals surface area (Å²) in [5.74, 6) is -1.12. The number of alkyl halides is 3. The van der Waals surface area contributed by atoms with Crippen molar-refractivity contribution in [2.75, 3.05) is 6.54 Å². The van der Waals surface area contributed by atoms with E-state index in [1.807, 2.05) is 13.8 Å². The highest BCUT2D eigenvalue weighted by Crippen LogP contribution is 2.44. The van der Waals surface area contributed by atoms with Gasteiger partial charge in [0.1, 0.15) is 0 Å². The van der Waals surface area contributed by atoms with E-state index in [1.165, 1.54) is 23.5 Å². The molecular formula is C23H27F3N4OS. The lowest BCUT2D eigenvalue weighted by Crippen LogP contribution is -2.21. The molecule has 4 N–H and O–H groups in total. The Labute approximate surface area is 189 Å². The number of aryl methyl sites for hydroxylation is 3. The summed E-state index contributed by atoms with van der Waals surface area (Å²) in [6.07, 6.45) is -1.16. The molecule has 3 aromatic rings. The van der Waals surface area contributed by atoms with Crippen LogP contribution in [-0.2, 0) is 26.1 Å². The molecule has 0 radical (unpaired) electrons. The Morgan fingerprint density at radius 3 is 2.50 bits per heavy atom. The fourth-order valence-electron chi connectivity index (χ4n) is 4.18. The Kier molecular flexibility index (Phi) is 7.09. The molecule has 0 spiro atoms. The number of nitrogens with two attached hydrogens (primary N) is 2. The Bertz CT molecular complexity index is 1100. The molecule has 1 amide bonds.